The monoisotopic (exact) mass is 318 g/mol. The van der Waals surface area contributed by atoms with Crippen molar-refractivity contribution in [3.63, 3.8) is 0 Å². The average molecular weight is 318 g/mol. The number of hydrogen-bond donors (Lipinski definition) is 0. The Bertz CT molecular complexity index is 957. The van der Waals surface area contributed by atoms with Crippen molar-refractivity contribution in [2.45, 2.75) is 19.8 Å². The van der Waals surface area contributed by atoms with Gasteiger partial charge < -0.3 is 9.47 Å². The van der Waals surface area contributed by atoms with Crippen LogP contribution in [0.1, 0.15) is 18.1 Å². The summed E-state index contributed by atoms with van der Waals surface area (Å²) in [4.78, 5) is 11.5. The highest BCUT2D eigenvalue weighted by Gasteiger charge is 2.23. The van der Waals surface area contributed by atoms with E-state index in [0.717, 1.165) is 29.5 Å². The Morgan fingerprint density at radius 3 is 2.67 bits per heavy atom. The fourth-order valence-corrected chi connectivity index (χ4v) is 3.57. The number of carbonyl (C=O) groups is 1. The number of fused-ring (bicyclic) bond motifs is 5. The van der Waals surface area contributed by atoms with Crippen molar-refractivity contribution in [3.8, 4) is 22.6 Å². The second-order valence-corrected chi connectivity index (χ2v) is 6.07. The first-order valence-corrected chi connectivity index (χ1v) is 8.07. The van der Waals surface area contributed by atoms with E-state index >= 15 is 0 Å². The van der Waals surface area contributed by atoms with E-state index in [0.29, 0.717) is 5.75 Å². The van der Waals surface area contributed by atoms with Crippen molar-refractivity contribution in [1.82, 2.24) is 0 Å². The van der Waals surface area contributed by atoms with Crippen LogP contribution in [-0.2, 0) is 17.6 Å². The van der Waals surface area contributed by atoms with Crippen molar-refractivity contribution in [2.75, 3.05) is 7.11 Å². The molecule has 3 nitrogen and oxygen atoms in total. The number of hydrogen-bond acceptors (Lipinski definition) is 3. The highest BCUT2D eigenvalue weighted by Crippen LogP contribution is 2.44. The molecule has 1 aliphatic rings. The molecule has 3 aromatic carbocycles. The second-order valence-electron chi connectivity index (χ2n) is 6.07. The average Bonchev–Trinajstić information content (AvgIpc) is 2.60. The lowest BCUT2D eigenvalue weighted by Gasteiger charge is -2.24. The predicted octanol–water partition coefficient (Wildman–Crippen LogP) is 4.54. The zero-order chi connectivity index (χ0) is 16.7. The maximum Gasteiger partial charge on any atom is 0.308 e. The van der Waals surface area contributed by atoms with Gasteiger partial charge >= 0.3 is 5.97 Å². The molecule has 120 valence electrons. The van der Waals surface area contributed by atoms with Gasteiger partial charge in [-0.3, -0.25) is 4.79 Å². The Morgan fingerprint density at radius 2 is 1.88 bits per heavy atom. The molecule has 0 aromatic heterocycles. The summed E-state index contributed by atoms with van der Waals surface area (Å²) in [5.41, 5.74) is 4.75. The van der Waals surface area contributed by atoms with Gasteiger partial charge in [0, 0.05) is 12.5 Å². The number of methoxy groups -OCH3 is 1. The maximum absolute atomic E-state index is 11.5. The summed E-state index contributed by atoms with van der Waals surface area (Å²) >= 11 is 0. The van der Waals surface area contributed by atoms with E-state index in [2.05, 4.69) is 24.3 Å². The summed E-state index contributed by atoms with van der Waals surface area (Å²) in [5.74, 6) is 1.27. The third-order valence-electron chi connectivity index (χ3n) is 4.60. The topological polar surface area (TPSA) is 35.5 Å². The summed E-state index contributed by atoms with van der Waals surface area (Å²) in [6.07, 6.45) is 1.76. The minimum absolute atomic E-state index is 0.284. The zero-order valence-corrected chi connectivity index (χ0v) is 13.8. The van der Waals surface area contributed by atoms with Crippen molar-refractivity contribution >= 4 is 16.7 Å². The molecule has 3 heteroatoms. The molecule has 0 spiro atoms. The predicted molar refractivity (Wildman–Crippen MR) is 94.7 cm³/mol. The second kappa shape index (κ2) is 5.68. The number of benzene rings is 3. The molecule has 0 amide bonds. The lowest BCUT2D eigenvalue weighted by atomic mass is 9.82. The third-order valence-corrected chi connectivity index (χ3v) is 4.60. The summed E-state index contributed by atoms with van der Waals surface area (Å²) in [6.45, 7) is 1.45. The van der Waals surface area contributed by atoms with E-state index in [-0.39, 0.29) is 5.97 Å². The van der Waals surface area contributed by atoms with Crippen LogP contribution in [0, 0.1) is 0 Å². The standard InChI is InChI=1S/C21H18O3/c1-13(22)24-20-12-14-5-3-4-6-17(14)21-18-10-8-16(23-2)11-15(18)7-9-19(20)21/h3-6,8,10-12H,7,9H2,1-2H3. The smallest absolute Gasteiger partial charge is 0.308 e. The Kier molecular flexibility index (Phi) is 3.49. The Morgan fingerprint density at radius 1 is 1.04 bits per heavy atom. The van der Waals surface area contributed by atoms with Crippen LogP contribution in [0.25, 0.3) is 21.9 Å². The zero-order valence-electron chi connectivity index (χ0n) is 13.8. The lowest BCUT2D eigenvalue weighted by Crippen LogP contribution is -2.10. The van der Waals surface area contributed by atoms with Crippen LogP contribution >= 0.6 is 0 Å². The van der Waals surface area contributed by atoms with E-state index in [1.807, 2.05) is 24.3 Å². The maximum atomic E-state index is 11.5. The molecule has 0 fully saturated rings. The fourth-order valence-electron chi connectivity index (χ4n) is 3.57. The molecular weight excluding hydrogens is 300 g/mol. The van der Waals surface area contributed by atoms with Gasteiger partial charge in [-0.2, -0.15) is 0 Å². The molecular formula is C21H18O3. The first-order valence-electron chi connectivity index (χ1n) is 8.07. The quantitative estimate of drug-likeness (QED) is 0.514. The highest BCUT2D eigenvalue weighted by atomic mass is 16.5. The van der Waals surface area contributed by atoms with Crippen LogP contribution in [0.3, 0.4) is 0 Å². The molecule has 0 atom stereocenters. The van der Waals surface area contributed by atoms with E-state index in [4.69, 9.17) is 9.47 Å². The van der Waals surface area contributed by atoms with E-state index < -0.39 is 0 Å². The summed E-state index contributed by atoms with van der Waals surface area (Å²) in [7, 11) is 1.69. The SMILES string of the molecule is COc1ccc2c(c1)CCc1c(OC(C)=O)cc3ccccc3c1-2. The van der Waals surface area contributed by atoms with Crippen molar-refractivity contribution in [2.24, 2.45) is 0 Å². The number of carbonyl (C=O) groups excluding carboxylic acids is 1. The molecule has 1 aliphatic carbocycles. The van der Waals surface area contributed by atoms with Crippen LogP contribution in [-0.4, -0.2) is 13.1 Å². The van der Waals surface area contributed by atoms with Gasteiger partial charge in [0.05, 0.1) is 7.11 Å². The van der Waals surface area contributed by atoms with E-state index in [9.17, 15) is 4.79 Å². The molecule has 0 aliphatic heterocycles. The van der Waals surface area contributed by atoms with E-state index in [1.54, 1.807) is 7.11 Å². The molecule has 0 saturated heterocycles. The van der Waals surface area contributed by atoms with Crippen molar-refractivity contribution in [1.29, 1.82) is 0 Å². The molecule has 0 radical (unpaired) electrons. The third kappa shape index (κ3) is 2.33. The van der Waals surface area contributed by atoms with Crippen LogP contribution in [0.2, 0.25) is 0 Å². The molecule has 0 bridgehead atoms. The van der Waals surface area contributed by atoms with Crippen LogP contribution < -0.4 is 9.47 Å². The first kappa shape index (κ1) is 14.8. The number of rotatable bonds is 2. The number of ether oxygens (including phenoxy) is 2. The van der Waals surface area contributed by atoms with Gasteiger partial charge in [0.15, 0.2) is 0 Å². The summed E-state index contributed by atoms with van der Waals surface area (Å²) in [6, 6.07) is 16.4. The molecule has 0 saturated carbocycles. The highest BCUT2D eigenvalue weighted by molar-refractivity contribution is 6.01. The molecule has 0 heterocycles. The Labute approximate surface area is 140 Å². The number of aryl methyl sites for hydroxylation is 1. The fraction of sp³-hybridized carbons (Fsp3) is 0.190. The van der Waals surface area contributed by atoms with Gasteiger partial charge in [0.2, 0.25) is 0 Å². The van der Waals surface area contributed by atoms with Gasteiger partial charge in [-0.25, -0.2) is 0 Å². The molecule has 4 rings (SSSR count). The van der Waals surface area contributed by atoms with Gasteiger partial charge in [-0.1, -0.05) is 30.3 Å². The van der Waals surface area contributed by atoms with Crippen LogP contribution in [0.15, 0.2) is 48.5 Å². The largest absolute Gasteiger partial charge is 0.497 e. The normalized spacial score (nSPS) is 12.4. The Balaban J connectivity index is 2.04. The van der Waals surface area contributed by atoms with Gasteiger partial charge in [-0.15, -0.1) is 0 Å². The molecule has 3 aromatic rings. The van der Waals surface area contributed by atoms with Gasteiger partial charge in [0.25, 0.3) is 0 Å². The van der Waals surface area contributed by atoms with Gasteiger partial charge in [-0.05, 0) is 58.5 Å². The van der Waals surface area contributed by atoms with Crippen LogP contribution in [0.5, 0.6) is 11.5 Å². The van der Waals surface area contributed by atoms with Gasteiger partial charge in [0.1, 0.15) is 11.5 Å². The summed E-state index contributed by atoms with van der Waals surface area (Å²) in [5, 5.41) is 2.27. The number of esters is 1. The van der Waals surface area contributed by atoms with E-state index in [1.165, 1.54) is 29.0 Å². The summed E-state index contributed by atoms with van der Waals surface area (Å²) < 4.78 is 10.9. The minimum Gasteiger partial charge on any atom is -0.497 e. The molecule has 0 N–H and O–H groups in total. The molecule has 0 unspecified atom stereocenters. The van der Waals surface area contributed by atoms with Crippen LogP contribution in [0.4, 0.5) is 0 Å². The van der Waals surface area contributed by atoms with Crippen molar-refractivity contribution < 1.29 is 14.3 Å². The van der Waals surface area contributed by atoms with Crippen molar-refractivity contribution in [3.05, 3.63) is 59.7 Å². The first-order chi connectivity index (χ1) is 11.7. The minimum atomic E-state index is -0.284. The molecule has 24 heavy (non-hydrogen) atoms. The lowest BCUT2D eigenvalue weighted by molar-refractivity contribution is -0.131. The Hall–Kier alpha value is -2.81.